The van der Waals surface area contributed by atoms with Crippen LogP contribution in [-0.2, 0) is 4.74 Å². The molecule has 4 heteroatoms. The lowest BCUT2D eigenvalue weighted by Gasteiger charge is -2.19. The van der Waals surface area contributed by atoms with Gasteiger partial charge in [-0.1, -0.05) is 77.8 Å². The molecule has 0 saturated heterocycles. The molecule has 4 nitrogen and oxygen atoms in total. The summed E-state index contributed by atoms with van der Waals surface area (Å²) in [5, 5.41) is 9.31. The number of unbranched alkanes of at least 4 members (excludes halogenated alkanes) is 6. The molecule has 0 aromatic heterocycles. The molecule has 1 aromatic rings. The molecule has 0 spiro atoms. The second-order valence-electron chi connectivity index (χ2n) is 8.11. The minimum absolute atomic E-state index is 0.00521. The molecule has 0 radical (unpaired) electrons. The van der Waals surface area contributed by atoms with Crippen LogP contribution in [0.3, 0.4) is 0 Å². The Morgan fingerprint density at radius 3 is 2.00 bits per heavy atom. The summed E-state index contributed by atoms with van der Waals surface area (Å²) < 4.78 is 5.76. The van der Waals surface area contributed by atoms with Gasteiger partial charge in [-0.15, -0.1) is 0 Å². The molecule has 1 rings (SSSR count). The van der Waals surface area contributed by atoms with E-state index in [0.29, 0.717) is 5.92 Å². The molecule has 1 aromatic carbocycles. The van der Waals surface area contributed by atoms with Gasteiger partial charge in [0.15, 0.2) is 0 Å². The number of hydrogen-bond acceptors (Lipinski definition) is 3. The van der Waals surface area contributed by atoms with E-state index in [2.05, 4.69) is 20.8 Å². The first-order chi connectivity index (χ1) is 13.5. The highest BCUT2D eigenvalue weighted by atomic mass is 16.5. The van der Waals surface area contributed by atoms with E-state index >= 15 is 0 Å². The number of benzene rings is 1. The Morgan fingerprint density at radius 2 is 1.39 bits per heavy atom. The van der Waals surface area contributed by atoms with E-state index in [4.69, 9.17) is 4.74 Å². The first kappa shape index (κ1) is 24.2. The fourth-order valence-electron chi connectivity index (χ4n) is 3.40. The first-order valence-electron chi connectivity index (χ1n) is 11.0. The Kier molecular flexibility index (Phi) is 12.3. The number of esters is 1. The average molecular weight is 391 g/mol. The zero-order valence-electron chi connectivity index (χ0n) is 17.9. The number of aromatic carboxylic acids is 1. The molecule has 1 atom stereocenters. The summed E-state index contributed by atoms with van der Waals surface area (Å²) in [4.78, 5) is 24.0. The van der Waals surface area contributed by atoms with E-state index in [1.807, 2.05) is 0 Å². The average Bonchev–Trinajstić information content (AvgIpc) is 2.67. The monoisotopic (exact) mass is 390 g/mol. The number of carboxylic acid groups (broad SMARTS) is 1. The van der Waals surface area contributed by atoms with Crippen LogP contribution in [0.4, 0.5) is 0 Å². The van der Waals surface area contributed by atoms with Crippen molar-refractivity contribution < 1.29 is 19.4 Å². The van der Waals surface area contributed by atoms with Crippen LogP contribution in [0.25, 0.3) is 0 Å². The van der Waals surface area contributed by atoms with Crippen molar-refractivity contribution in [3.8, 4) is 0 Å². The summed E-state index contributed by atoms with van der Waals surface area (Å²) >= 11 is 0. The summed E-state index contributed by atoms with van der Waals surface area (Å²) in [7, 11) is 0. The summed E-state index contributed by atoms with van der Waals surface area (Å²) in [6.07, 6.45) is 12.1. The lowest BCUT2D eigenvalue weighted by Crippen LogP contribution is -2.20. The van der Waals surface area contributed by atoms with E-state index in [1.165, 1.54) is 44.2 Å². The molecular formula is C24H38O4. The number of carbonyl (C=O) groups is 2. The van der Waals surface area contributed by atoms with Gasteiger partial charge in [0.25, 0.3) is 0 Å². The van der Waals surface area contributed by atoms with Gasteiger partial charge in [0.1, 0.15) is 6.10 Å². The van der Waals surface area contributed by atoms with Gasteiger partial charge >= 0.3 is 11.9 Å². The Morgan fingerprint density at radius 1 is 0.857 bits per heavy atom. The highest BCUT2D eigenvalue weighted by molar-refractivity contribution is 6.02. The minimum atomic E-state index is -1.10. The van der Waals surface area contributed by atoms with Crippen molar-refractivity contribution in [3.05, 3.63) is 35.4 Å². The molecule has 0 bridgehead atoms. The Bertz CT molecular complexity index is 580. The maximum absolute atomic E-state index is 12.6. The second-order valence-corrected chi connectivity index (χ2v) is 8.11. The largest absolute Gasteiger partial charge is 0.478 e. The molecule has 158 valence electrons. The normalized spacial score (nSPS) is 12.1. The van der Waals surface area contributed by atoms with E-state index < -0.39 is 11.9 Å². The molecule has 0 saturated carbocycles. The van der Waals surface area contributed by atoms with Crippen molar-refractivity contribution in [2.75, 3.05) is 0 Å². The number of rotatable bonds is 15. The highest BCUT2D eigenvalue weighted by Crippen LogP contribution is 2.20. The maximum atomic E-state index is 12.6. The van der Waals surface area contributed by atoms with Crippen LogP contribution >= 0.6 is 0 Å². The molecule has 0 aliphatic carbocycles. The zero-order chi connectivity index (χ0) is 20.8. The molecule has 1 unspecified atom stereocenters. The van der Waals surface area contributed by atoms with Gasteiger partial charge < -0.3 is 9.84 Å². The summed E-state index contributed by atoms with van der Waals surface area (Å²) in [5.41, 5.74) is 0.149. The number of ether oxygens (including phenoxy) is 1. The minimum Gasteiger partial charge on any atom is -0.478 e. The fraction of sp³-hybridized carbons (Fsp3) is 0.667. The fourth-order valence-corrected chi connectivity index (χ4v) is 3.40. The van der Waals surface area contributed by atoms with Crippen LogP contribution in [0.2, 0.25) is 0 Å². The Labute approximate surface area is 170 Å². The van der Waals surface area contributed by atoms with Crippen LogP contribution < -0.4 is 0 Å². The Hall–Kier alpha value is -1.84. The summed E-state index contributed by atoms with van der Waals surface area (Å²) in [6, 6.07) is 6.28. The molecule has 28 heavy (non-hydrogen) atoms. The molecular weight excluding hydrogens is 352 g/mol. The van der Waals surface area contributed by atoms with Gasteiger partial charge in [0.2, 0.25) is 0 Å². The maximum Gasteiger partial charge on any atom is 0.339 e. The third kappa shape index (κ3) is 9.91. The SMILES string of the molecule is CCCCCCCCC(CCCCC(C)C)OC(=O)c1ccccc1C(=O)O. The van der Waals surface area contributed by atoms with Crippen LogP contribution in [0, 0.1) is 5.92 Å². The van der Waals surface area contributed by atoms with Crippen molar-refractivity contribution in [1.82, 2.24) is 0 Å². The van der Waals surface area contributed by atoms with Crippen LogP contribution in [0.1, 0.15) is 112 Å². The summed E-state index contributed by atoms with van der Waals surface area (Å²) in [6.45, 7) is 6.65. The molecule has 0 fully saturated rings. The smallest absolute Gasteiger partial charge is 0.339 e. The van der Waals surface area contributed by atoms with E-state index in [9.17, 15) is 14.7 Å². The van der Waals surface area contributed by atoms with E-state index in [0.717, 1.165) is 38.5 Å². The molecule has 0 heterocycles. The van der Waals surface area contributed by atoms with Crippen molar-refractivity contribution in [3.63, 3.8) is 0 Å². The highest BCUT2D eigenvalue weighted by Gasteiger charge is 2.20. The third-order valence-corrected chi connectivity index (χ3v) is 5.09. The molecule has 0 aliphatic heterocycles. The third-order valence-electron chi connectivity index (χ3n) is 5.09. The van der Waals surface area contributed by atoms with Crippen LogP contribution in [0.15, 0.2) is 24.3 Å². The van der Waals surface area contributed by atoms with E-state index in [-0.39, 0.29) is 17.2 Å². The molecule has 0 amide bonds. The summed E-state index contributed by atoms with van der Waals surface area (Å²) in [5.74, 6) is -0.934. The van der Waals surface area contributed by atoms with Crippen LogP contribution in [-0.4, -0.2) is 23.1 Å². The quantitative estimate of drug-likeness (QED) is 0.262. The predicted molar refractivity (Wildman–Crippen MR) is 114 cm³/mol. The van der Waals surface area contributed by atoms with Gasteiger partial charge in [-0.3, -0.25) is 0 Å². The van der Waals surface area contributed by atoms with E-state index in [1.54, 1.807) is 12.1 Å². The predicted octanol–water partition coefficient (Wildman–Crippen LogP) is 6.88. The van der Waals surface area contributed by atoms with Gasteiger partial charge in [-0.05, 0) is 43.7 Å². The zero-order valence-corrected chi connectivity index (χ0v) is 17.9. The lowest BCUT2D eigenvalue weighted by molar-refractivity contribution is 0.0243. The Balaban J connectivity index is 2.61. The van der Waals surface area contributed by atoms with Gasteiger partial charge in [0, 0.05) is 0 Å². The van der Waals surface area contributed by atoms with Gasteiger partial charge in [-0.25, -0.2) is 9.59 Å². The molecule has 1 N–H and O–H groups in total. The standard InChI is InChI=1S/C24H38O4/c1-4-5-6-7-8-9-15-20(16-11-10-14-19(2)3)28-24(27)22-18-13-12-17-21(22)23(25)26/h12-13,17-20H,4-11,14-16H2,1-3H3,(H,25,26). The van der Waals surface area contributed by atoms with Crippen LogP contribution in [0.5, 0.6) is 0 Å². The molecule has 0 aliphatic rings. The second kappa shape index (κ2) is 14.2. The topological polar surface area (TPSA) is 63.6 Å². The van der Waals surface area contributed by atoms with Crippen molar-refractivity contribution in [2.45, 2.75) is 97.5 Å². The van der Waals surface area contributed by atoms with Crippen molar-refractivity contribution >= 4 is 11.9 Å². The first-order valence-corrected chi connectivity index (χ1v) is 11.0. The lowest BCUT2D eigenvalue weighted by atomic mass is 10.00. The van der Waals surface area contributed by atoms with Gasteiger partial charge in [-0.2, -0.15) is 0 Å². The van der Waals surface area contributed by atoms with Crippen molar-refractivity contribution in [1.29, 1.82) is 0 Å². The van der Waals surface area contributed by atoms with Crippen molar-refractivity contribution in [2.24, 2.45) is 5.92 Å². The number of carboxylic acids is 1. The van der Waals surface area contributed by atoms with Gasteiger partial charge in [0.05, 0.1) is 11.1 Å². The number of hydrogen-bond donors (Lipinski definition) is 1. The number of carbonyl (C=O) groups excluding carboxylic acids is 1.